The van der Waals surface area contributed by atoms with Crippen molar-refractivity contribution in [1.29, 1.82) is 0 Å². The van der Waals surface area contributed by atoms with Crippen molar-refractivity contribution in [1.82, 2.24) is 9.80 Å². The van der Waals surface area contributed by atoms with Crippen LogP contribution in [0.25, 0.3) is 0 Å². The summed E-state index contributed by atoms with van der Waals surface area (Å²) in [5.74, 6) is 1.40. The van der Waals surface area contributed by atoms with Gasteiger partial charge in [-0.1, -0.05) is 12.2 Å². The smallest absolute Gasteiger partial charge is 0.104 e. The number of nitrogens with zero attached hydrogens (tertiary/aromatic N) is 2. The van der Waals surface area contributed by atoms with Gasteiger partial charge >= 0.3 is 0 Å². The van der Waals surface area contributed by atoms with Crippen molar-refractivity contribution in [3.63, 3.8) is 0 Å². The third kappa shape index (κ3) is 3.29. The van der Waals surface area contributed by atoms with E-state index >= 15 is 0 Å². The van der Waals surface area contributed by atoms with Gasteiger partial charge in [0.15, 0.2) is 0 Å². The minimum atomic E-state index is 1.09. The van der Waals surface area contributed by atoms with Crippen LogP contribution in [0.2, 0.25) is 0 Å². The average Bonchev–Trinajstić information content (AvgIpc) is 2.77. The van der Waals surface area contributed by atoms with E-state index in [0.29, 0.717) is 0 Å². The summed E-state index contributed by atoms with van der Waals surface area (Å²) < 4.78 is 0. The van der Waals surface area contributed by atoms with Crippen LogP contribution in [0.3, 0.4) is 0 Å². The van der Waals surface area contributed by atoms with Crippen molar-refractivity contribution in [3.8, 4) is 0 Å². The van der Waals surface area contributed by atoms with Crippen molar-refractivity contribution in [2.45, 2.75) is 33.6 Å². The van der Waals surface area contributed by atoms with E-state index in [2.05, 4.69) is 48.8 Å². The van der Waals surface area contributed by atoms with E-state index < -0.39 is 0 Å². The first kappa shape index (κ1) is 12.2. The molecule has 2 nitrogen and oxygen atoms in total. The topological polar surface area (TPSA) is 6.48 Å². The van der Waals surface area contributed by atoms with Crippen molar-refractivity contribution in [3.05, 3.63) is 24.0 Å². The zero-order chi connectivity index (χ0) is 11.1. The lowest BCUT2D eigenvalue weighted by Gasteiger charge is -2.31. The lowest BCUT2D eigenvalue weighted by molar-refractivity contribution is 0.251. The average molecular weight is 208 g/mol. The van der Waals surface area contributed by atoms with Gasteiger partial charge in [0.25, 0.3) is 0 Å². The Labute approximate surface area is 94.3 Å². The summed E-state index contributed by atoms with van der Waals surface area (Å²) in [5.41, 5.74) is 0. The number of hydrogen-bond acceptors (Lipinski definition) is 2. The summed E-state index contributed by atoms with van der Waals surface area (Å²) in [4.78, 5) is 4.94. The fraction of sp³-hybridized carbons (Fsp3) is 0.692. The molecule has 1 rings (SSSR count). The molecule has 0 aliphatic carbocycles. The monoisotopic (exact) mass is 208 g/mol. The summed E-state index contributed by atoms with van der Waals surface area (Å²) >= 11 is 0. The highest BCUT2D eigenvalue weighted by molar-refractivity contribution is 5.11. The Morgan fingerprint density at radius 3 is 2.27 bits per heavy atom. The fourth-order valence-electron chi connectivity index (χ4n) is 2.09. The SMILES string of the molecule is C/C=C/C=C(/N(CC)CC)N1CCCC1. The molecule has 0 aromatic rings. The number of hydrogen-bond donors (Lipinski definition) is 0. The highest BCUT2D eigenvalue weighted by Crippen LogP contribution is 2.17. The molecular formula is C13H24N2. The molecule has 1 aliphatic heterocycles. The molecule has 86 valence electrons. The molecule has 15 heavy (non-hydrogen) atoms. The first-order chi connectivity index (χ1) is 7.33. The van der Waals surface area contributed by atoms with Crippen LogP contribution in [0.1, 0.15) is 33.6 Å². The van der Waals surface area contributed by atoms with E-state index in [1.165, 1.54) is 31.8 Å². The summed E-state index contributed by atoms with van der Waals surface area (Å²) in [5, 5.41) is 0. The van der Waals surface area contributed by atoms with Gasteiger partial charge < -0.3 is 9.80 Å². The van der Waals surface area contributed by atoms with Crippen LogP contribution in [0.4, 0.5) is 0 Å². The molecule has 1 fully saturated rings. The quantitative estimate of drug-likeness (QED) is 0.641. The third-order valence-electron chi connectivity index (χ3n) is 2.96. The van der Waals surface area contributed by atoms with Gasteiger partial charge in [-0.3, -0.25) is 0 Å². The number of allylic oxidation sites excluding steroid dienone is 3. The van der Waals surface area contributed by atoms with E-state index in [4.69, 9.17) is 0 Å². The van der Waals surface area contributed by atoms with E-state index in [1.54, 1.807) is 0 Å². The van der Waals surface area contributed by atoms with Crippen molar-refractivity contribution >= 4 is 0 Å². The van der Waals surface area contributed by atoms with Crippen molar-refractivity contribution < 1.29 is 0 Å². The standard InChI is InChI=1S/C13H24N2/c1-4-7-10-13(14(5-2)6-3)15-11-8-9-12-15/h4,7,10H,5-6,8-9,11-12H2,1-3H3/b7-4+,13-10-. The maximum absolute atomic E-state index is 2.51. The van der Waals surface area contributed by atoms with Gasteiger partial charge in [-0.2, -0.15) is 0 Å². The maximum Gasteiger partial charge on any atom is 0.104 e. The summed E-state index contributed by atoms with van der Waals surface area (Å²) in [6.07, 6.45) is 9.17. The van der Waals surface area contributed by atoms with Crippen molar-refractivity contribution in [2.24, 2.45) is 0 Å². The van der Waals surface area contributed by atoms with E-state index in [9.17, 15) is 0 Å². The Balaban J connectivity index is 2.75. The lowest BCUT2D eigenvalue weighted by atomic mass is 10.4. The molecule has 0 aromatic carbocycles. The molecule has 0 atom stereocenters. The second kappa shape index (κ2) is 6.54. The van der Waals surface area contributed by atoms with Crippen LogP contribution in [0.15, 0.2) is 24.0 Å². The van der Waals surface area contributed by atoms with Crippen LogP contribution >= 0.6 is 0 Å². The molecule has 1 heterocycles. The predicted molar refractivity (Wildman–Crippen MR) is 66.6 cm³/mol. The Bertz CT molecular complexity index is 217. The van der Waals surface area contributed by atoms with Gasteiger partial charge in [0.2, 0.25) is 0 Å². The molecule has 1 saturated heterocycles. The highest BCUT2D eigenvalue weighted by atomic mass is 15.3. The first-order valence-corrected chi connectivity index (χ1v) is 6.16. The van der Waals surface area contributed by atoms with Gasteiger partial charge in [0.05, 0.1) is 0 Å². The van der Waals surface area contributed by atoms with E-state index in [1.807, 2.05) is 0 Å². The zero-order valence-corrected chi connectivity index (χ0v) is 10.4. The number of rotatable bonds is 5. The summed E-state index contributed by atoms with van der Waals surface area (Å²) in [6.45, 7) is 11.2. The van der Waals surface area contributed by atoms with E-state index in [0.717, 1.165) is 13.1 Å². The number of likely N-dealkylation sites (tertiary alicyclic amines) is 1. The Morgan fingerprint density at radius 2 is 1.80 bits per heavy atom. The zero-order valence-electron chi connectivity index (χ0n) is 10.4. The maximum atomic E-state index is 2.51. The van der Waals surface area contributed by atoms with Crippen LogP contribution in [0.5, 0.6) is 0 Å². The van der Waals surface area contributed by atoms with Crippen LogP contribution < -0.4 is 0 Å². The highest BCUT2D eigenvalue weighted by Gasteiger charge is 2.17. The molecular weight excluding hydrogens is 184 g/mol. The van der Waals surface area contributed by atoms with Gasteiger partial charge in [0.1, 0.15) is 5.82 Å². The Hall–Kier alpha value is -0.920. The summed E-state index contributed by atoms with van der Waals surface area (Å²) in [6, 6.07) is 0. The Morgan fingerprint density at radius 1 is 1.20 bits per heavy atom. The molecule has 0 amide bonds. The lowest BCUT2D eigenvalue weighted by Crippen LogP contribution is -2.33. The van der Waals surface area contributed by atoms with Crippen molar-refractivity contribution in [2.75, 3.05) is 26.2 Å². The van der Waals surface area contributed by atoms with Gasteiger partial charge in [-0.05, 0) is 39.7 Å². The molecule has 0 spiro atoms. The molecule has 0 saturated carbocycles. The summed E-state index contributed by atoms with van der Waals surface area (Å²) in [7, 11) is 0. The van der Waals surface area contributed by atoms with Crippen LogP contribution in [0, 0.1) is 0 Å². The molecule has 0 aromatic heterocycles. The second-order valence-electron chi connectivity index (χ2n) is 3.92. The predicted octanol–water partition coefficient (Wildman–Crippen LogP) is 2.84. The minimum Gasteiger partial charge on any atom is -0.359 e. The molecule has 0 bridgehead atoms. The third-order valence-corrected chi connectivity index (χ3v) is 2.96. The molecule has 2 heteroatoms. The minimum absolute atomic E-state index is 1.09. The van der Waals surface area contributed by atoms with Crippen LogP contribution in [-0.2, 0) is 0 Å². The Kier molecular flexibility index (Phi) is 5.30. The van der Waals surface area contributed by atoms with Crippen LogP contribution in [-0.4, -0.2) is 36.0 Å². The molecule has 0 unspecified atom stereocenters. The normalized spacial score (nSPS) is 17.8. The van der Waals surface area contributed by atoms with Gasteiger partial charge in [-0.25, -0.2) is 0 Å². The first-order valence-electron chi connectivity index (χ1n) is 6.16. The van der Waals surface area contributed by atoms with E-state index in [-0.39, 0.29) is 0 Å². The molecule has 0 radical (unpaired) electrons. The molecule has 0 N–H and O–H groups in total. The largest absolute Gasteiger partial charge is 0.359 e. The fourth-order valence-corrected chi connectivity index (χ4v) is 2.09. The second-order valence-corrected chi connectivity index (χ2v) is 3.92. The molecule has 1 aliphatic rings. The van der Waals surface area contributed by atoms with Gasteiger partial charge in [-0.15, -0.1) is 0 Å². The van der Waals surface area contributed by atoms with Gasteiger partial charge in [0, 0.05) is 26.2 Å².